The maximum absolute atomic E-state index is 11.7. The molecule has 4 heteroatoms. The Labute approximate surface area is 90.5 Å². The normalized spacial score (nSPS) is 26.5. The Morgan fingerprint density at radius 3 is 2.67 bits per heavy atom. The first-order valence-electron chi connectivity index (χ1n) is 5.15. The second-order valence-corrected chi connectivity index (χ2v) is 4.76. The lowest BCUT2D eigenvalue weighted by atomic mass is 10.2. The third-order valence-electron chi connectivity index (χ3n) is 2.29. The number of hydrogen-bond acceptors (Lipinski definition) is 3. The molecule has 86 valence electrons. The van der Waals surface area contributed by atoms with Crippen molar-refractivity contribution >= 4 is 6.09 Å². The van der Waals surface area contributed by atoms with Crippen LogP contribution in [0.1, 0.15) is 27.2 Å². The Balaban J connectivity index is 2.64. The fourth-order valence-electron chi connectivity index (χ4n) is 1.62. The van der Waals surface area contributed by atoms with Gasteiger partial charge in [-0.1, -0.05) is 6.08 Å². The molecule has 0 saturated carbocycles. The summed E-state index contributed by atoms with van der Waals surface area (Å²) in [7, 11) is 0. The van der Waals surface area contributed by atoms with Crippen molar-refractivity contribution < 1.29 is 14.6 Å². The van der Waals surface area contributed by atoms with Crippen LogP contribution in [-0.2, 0) is 4.74 Å². The van der Waals surface area contributed by atoms with Crippen LogP contribution in [0.4, 0.5) is 4.79 Å². The number of ether oxygens (including phenoxy) is 1. The highest BCUT2D eigenvalue weighted by molar-refractivity contribution is 5.69. The summed E-state index contributed by atoms with van der Waals surface area (Å²) in [6.45, 7) is 9.59. The molecule has 0 radical (unpaired) electrons. The maximum Gasteiger partial charge on any atom is 0.410 e. The molecule has 1 fully saturated rings. The van der Waals surface area contributed by atoms with Gasteiger partial charge in [-0.05, 0) is 27.2 Å². The van der Waals surface area contributed by atoms with Crippen LogP contribution < -0.4 is 0 Å². The summed E-state index contributed by atoms with van der Waals surface area (Å²) in [6, 6.07) is -0.320. The van der Waals surface area contributed by atoms with E-state index in [1.165, 1.54) is 4.90 Å². The van der Waals surface area contributed by atoms with Crippen molar-refractivity contribution in [3.8, 4) is 0 Å². The van der Waals surface area contributed by atoms with E-state index in [1.807, 2.05) is 20.8 Å². The summed E-state index contributed by atoms with van der Waals surface area (Å²) in [4.78, 5) is 13.2. The van der Waals surface area contributed by atoms with Gasteiger partial charge in [0.2, 0.25) is 0 Å². The number of aliphatic hydroxyl groups is 1. The van der Waals surface area contributed by atoms with Crippen LogP contribution in [0.25, 0.3) is 0 Å². The van der Waals surface area contributed by atoms with Gasteiger partial charge in [-0.2, -0.15) is 0 Å². The van der Waals surface area contributed by atoms with E-state index < -0.39 is 11.7 Å². The first kappa shape index (κ1) is 12.0. The monoisotopic (exact) mass is 213 g/mol. The van der Waals surface area contributed by atoms with Gasteiger partial charge in [0.05, 0.1) is 12.1 Å². The number of amides is 1. The summed E-state index contributed by atoms with van der Waals surface area (Å²) < 4.78 is 5.23. The van der Waals surface area contributed by atoms with E-state index >= 15 is 0 Å². The number of likely N-dealkylation sites (tertiary alicyclic amines) is 1. The average molecular weight is 213 g/mol. The summed E-state index contributed by atoms with van der Waals surface area (Å²) in [6.07, 6.45) is 1.26. The topological polar surface area (TPSA) is 49.8 Å². The minimum atomic E-state index is -0.519. The molecule has 0 aromatic carbocycles. The van der Waals surface area contributed by atoms with Gasteiger partial charge in [0.1, 0.15) is 5.60 Å². The first-order valence-corrected chi connectivity index (χ1v) is 5.15. The fraction of sp³-hybridized carbons (Fsp3) is 0.727. The second kappa shape index (κ2) is 4.23. The molecule has 0 unspecified atom stereocenters. The Bertz CT molecular complexity index is 257. The Morgan fingerprint density at radius 2 is 2.20 bits per heavy atom. The summed E-state index contributed by atoms with van der Waals surface area (Å²) >= 11 is 0. The average Bonchev–Trinajstić information content (AvgIpc) is 2.43. The lowest BCUT2D eigenvalue weighted by molar-refractivity contribution is 0.0207. The molecule has 1 N–H and O–H groups in total. The lowest BCUT2D eigenvalue weighted by Crippen LogP contribution is -2.41. The van der Waals surface area contributed by atoms with Crippen LogP contribution in [0.15, 0.2) is 12.7 Å². The molecule has 1 rings (SSSR count). The number of carbonyl (C=O) groups excluding carboxylic acids is 1. The van der Waals surface area contributed by atoms with Crippen molar-refractivity contribution in [1.29, 1.82) is 0 Å². The van der Waals surface area contributed by atoms with E-state index in [1.54, 1.807) is 6.08 Å². The smallest absolute Gasteiger partial charge is 0.410 e. The van der Waals surface area contributed by atoms with Gasteiger partial charge in [-0.3, -0.25) is 4.90 Å². The molecule has 0 bridgehead atoms. The highest BCUT2D eigenvalue weighted by atomic mass is 16.6. The van der Waals surface area contributed by atoms with Gasteiger partial charge in [0.15, 0.2) is 0 Å². The van der Waals surface area contributed by atoms with E-state index in [0.717, 1.165) is 0 Å². The molecule has 0 aromatic rings. The molecule has 1 heterocycles. The summed E-state index contributed by atoms with van der Waals surface area (Å²) in [5.74, 6) is 0. The highest BCUT2D eigenvalue weighted by Crippen LogP contribution is 2.21. The van der Waals surface area contributed by atoms with Crippen molar-refractivity contribution in [2.75, 3.05) is 6.54 Å². The van der Waals surface area contributed by atoms with Gasteiger partial charge in [-0.25, -0.2) is 4.79 Å². The highest BCUT2D eigenvalue weighted by Gasteiger charge is 2.36. The van der Waals surface area contributed by atoms with Crippen LogP contribution in [0.5, 0.6) is 0 Å². The van der Waals surface area contributed by atoms with Crippen molar-refractivity contribution in [3.63, 3.8) is 0 Å². The van der Waals surface area contributed by atoms with Gasteiger partial charge >= 0.3 is 6.09 Å². The lowest BCUT2D eigenvalue weighted by Gasteiger charge is -2.27. The maximum atomic E-state index is 11.7. The third kappa shape index (κ3) is 2.96. The van der Waals surface area contributed by atoms with Crippen molar-refractivity contribution in [2.24, 2.45) is 0 Å². The van der Waals surface area contributed by atoms with Crippen LogP contribution in [0.2, 0.25) is 0 Å². The molecular weight excluding hydrogens is 194 g/mol. The Morgan fingerprint density at radius 1 is 1.60 bits per heavy atom. The second-order valence-electron chi connectivity index (χ2n) is 4.76. The molecule has 0 aliphatic carbocycles. The molecule has 1 aliphatic heterocycles. The van der Waals surface area contributed by atoms with Gasteiger partial charge in [0.25, 0.3) is 0 Å². The van der Waals surface area contributed by atoms with Crippen molar-refractivity contribution in [3.05, 3.63) is 12.7 Å². The third-order valence-corrected chi connectivity index (χ3v) is 2.29. The molecular formula is C11H19NO3. The van der Waals surface area contributed by atoms with Gasteiger partial charge in [-0.15, -0.1) is 6.58 Å². The molecule has 2 atom stereocenters. The summed E-state index contributed by atoms with van der Waals surface area (Å²) in [5, 5.41) is 9.59. The predicted molar refractivity (Wildman–Crippen MR) is 57.5 cm³/mol. The number of rotatable bonds is 1. The molecule has 1 aliphatic rings. The van der Waals surface area contributed by atoms with E-state index in [9.17, 15) is 9.90 Å². The number of carbonyl (C=O) groups is 1. The van der Waals surface area contributed by atoms with Gasteiger partial charge < -0.3 is 9.84 Å². The van der Waals surface area contributed by atoms with Crippen molar-refractivity contribution in [2.45, 2.75) is 44.9 Å². The summed E-state index contributed by atoms with van der Waals surface area (Å²) in [5.41, 5.74) is -0.504. The van der Waals surface area contributed by atoms with E-state index in [0.29, 0.717) is 13.0 Å². The molecule has 0 aromatic heterocycles. The zero-order valence-electron chi connectivity index (χ0n) is 9.56. The zero-order valence-corrected chi connectivity index (χ0v) is 9.56. The number of hydrogen-bond donors (Lipinski definition) is 1. The van der Waals surface area contributed by atoms with E-state index in [4.69, 9.17) is 4.74 Å². The van der Waals surface area contributed by atoms with E-state index in [-0.39, 0.29) is 12.1 Å². The minimum absolute atomic E-state index is 0.320. The standard InChI is InChI=1S/C11H19NO3/c1-5-8-9(13)6-7-12(8)10(14)15-11(2,3)4/h5,8-9,13H,1,6-7H2,2-4H3/t8-,9-/m0/s1. The largest absolute Gasteiger partial charge is 0.444 e. The molecule has 1 amide bonds. The first-order chi connectivity index (χ1) is 6.85. The molecule has 0 spiro atoms. The van der Waals surface area contributed by atoms with Crippen LogP contribution in [0.3, 0.4) is 0 Å². The fourth-order valence-corrected chi connectivity index (χ4v) is 1.62. The minimum Gasteiger partial charge on any atom is -0.444 e. The van der Waals surface area contributed by atoms with Gasteiger partial charge in [0, 0.05) is 6.54 Å². The molecule has 4 nitrogen and oxygen atoms in total. The Kier molecular flexibility index (Phi) is 3.39. The Hall–Kier alpha value is -1.03. The van der Waals surface area contributed by atoms with Crippen LogP contribution >= 0.6 is 0 Å². The SMILES string of the molecule is C=C[C@H]1[C@@H](O)CCN1C(=O)OC(C)(C)C. The van der Waals surface area contributed by atoms with Crippen LogP contribution in [0, 0.1) is 0 Å². The number of nitrogens with zero attached hydrogens (tertiary/aromatic N) is 1. The zero-order chi connectivity index (χ0) is 11.6. The van der Waals surface area contributed by atoms with Crippen LogP contribution in [-0.4, -0.2) is 40.4 Å². The van der Waals surface area contributed by atoms with E-state index in [2.05, 4.69) is 6.58 Å². The molecule has 1 saturated heterocycles. The number of aliphatic hydroxyl groups excluding tert-OH is 1. The predicted octanol–water partition coefficient (Wildman–Crippen LogP) is 1.54. The quantitative estimate of drug-likeness (QED) is 0.672. The molecule has 15 heavy (non-hydrogen) atoms. The van der Waals surface area contributed by atoms with Crippen molar-refractivity contribution in [1.82, 2.24) is 4.90 Å².